The molecule has 43 heavy (non-hydrogen) atoms. The molecule has 0 bridgehead atoms. The second kappa shape index (κ2) is 15.2. The third kappa shape index (κ3) is 10.6. The van der Waals surface area contributed by atoms with Gasteiger partial charge in [0, 0.05) is 11.6 Å². The van der Waals surface area contributed by atoms with Gasteiger partial charge in [0.15, 0.2) is 6.61 Å². The maximum absolute atomic E-state index is 13.2. The zero-order valence-corrected chi connectivity index (χ0v) is 26.4. The largest absolute Gasteiger partial charge is 0.482 e. The SMILES string of the molecule is CCCOC(=O)COc1ccc(S(=O)(=O)c2ccc(CCN(CC(O)c3cccc(Cl)c3)C(=O)OC(C)(C)C)cc2)cc1. The van der Waals surface area contributed by atoms with E-state index in [4.69, 9.17) is 25.8 Å². The molecule has 3 aromatic carbocycles. The second-order valence-corrected chi connectivity index (χ2v) is 13.3. The van der Waals surface area contributed by atoms with Crippen LogP contribution in [0.1, 0.15) is 51.3 Å². The van der Waals surface area contributed by atoms with Crippen molar-refractivity contribution in [3.63, 3.8) is 0 Å². The number of halogens is 1. The van der Waals surface area contributed by atoms with E-state index in [-0.39, 0.29) is 29.5 Å². The molecule has 0 heterocycles. The van der Waals surface area contributed by atoms with Crippen LogP contribution < -0.4 is 4.74 Å². The Morgan fingerprint density at radius 1 is 0.977 bits per heavy atom. The molecule has 1 unspecified atom stereocenters. The summed E-state index contributed by atoms with van der Waals surface area (Å²) in [7, 11) is -3.81. The number of amides is 1. The van der Waals surface area contributed by atoms with Crippen LogP contribution in [-0.4, -0.2) is 62.4 Å². The summed E-state index contributed by atoms with van der Waals surface area (Å²) < 4.78 is 42.3. The number of hydrogen-bond acceptors (Lipinski definition) is 8. The van der Waals surface area contributed by atoms with Crippen molar-refractivity contribution in [3.8, 4) is 5.75 Å². The van der Waals surface area contributed by atoms with E-state index in [0.29, 0.717) is 35.8 Å². The minimum absolute atomic E-state index is 0.0125. The number of aliphatic hydroxyl groups excluding tert-OH is 1. The van der Waals surface area contributed by atoms with E-state index >= 15 is 0 Å². The predicted octanol–water partition coefficient (Wildman–Crippen LogP) is 6.02. The molecular weight excluding hydrogens is 594 g/mol. The van der Waals surface area contributed by atoms with E-state index in [9.17, 15) is 23.1 Å². The Labute approximate surface area is 258 Å². The van der Waals surface area contributed by atoms with Crippen LogP contribution in [0.15, 0.2) is 82.6 Å². The monoisotopic (exact) mass is 631 g/mol. The molecule has 0 saturated carbocycles. The van der Waals surface area contributed by atoms with Crippen molar-refractivity contribution in [2.75, 3.05) is 26.3 Å². The summed E-state index contributed by atoms with van der Waals surface area (Å²) in [5.41, 5.74) is 0.644. The fourth-order valence-electron chi connectivity index (χ4n) is 3.96. The van der Waals surface area contributed by atoms with Gasteiger partial charge in [-0.2, -0.15) is 0 Å². The number of hydrogen-bond donors (Lipinski definition) is 1. The van der Waals surface area contributed by atoms with Gasteiger partial charge in [-0.05, 0) is 93.3 Å². The molecular formula is C32H38ClNO8S. The second-order valence-electron chi connectivity index (χ2n) is 10.9. The van der Waals surface area contributed by atoms with Gasteiger partial charge in [-0.15, -0.1) is 0 Å². The van der Waals surface area contributed by atoms with Crippen LogP contribution in [0.3, 0.4) is 0 Å². The topological polar surface area (TPSA) is 119 Å². The molecule has 1 amide bonds. The standard InChI is InChI=1S/C32H38ClNO8S/c1-5-19-40-30(36)22-41-26-11-15-28(16-12-26)43(38,39)27-13-9-23(10-14-27)17-18-34(31(37)42-32(2,3)4)21-29(35)24-7-6-8-25(33)20-24/h6-16,20,29,35H,5,17-19,21-22H2,1-4H3. The fraction of sp³-hybridized carbons (Fsp3) is 0.375. The smallest absolute Gasteiger partial charge is 0.410 e. The maximum atomic E-state index is 13.2. The van der Waals surface area contributed by atoms with E-state index in [2.05, 4.69) is 0 Å². The third-order valence-corrected chi connectivity index (χ3v) is 8.16. The molecule has 9 nitrogen and oxygen atoms in total. The van der Waals surface area contributed by atoms with E-state index in [1.807, 2.05) is 6.92 Å². The van der Waals surface area contributed by atoms with E-state index in [0.717, 1.165) is 5.56 Å². The molecule has 11 heteroatoms. The summed E-state index contributed by atoms with van der Waals surface area (Å²) >= 11 is 6.06. The Kier molecular flexibility index (Phi) is 12.0. The van der Waals surface area contributed by atoms with Crippen LogP contribution in [-0.2, 0) is 30.5 Å². The summed E-state index contributed by atoms with van der Waals surface area (Å²) in [6, 6.07) is 19.0. The molecule has 0 saturated heterocycles. The van der Waals surface area contributed by atoms with Gasteiger partial charge in [0.25, 0.3) is 0 Å². The van der Waals surface area contributed by atoms with Gasteiger partial charge in [0.2, 0.25) is 9.84 Å². The minimum Gasteiger partial charge on any atom is -0.482 e. The Balaban J connectivity index is 1.66. The lowest BCUT2D eigenvalue weighted by Crippen LogP contribution is -2.40. The Hall–Kier alpha value is -3.60. The van der Waals surface area contributed by atoms with Gasteiger partial charge >= 0.3 is 12.1 Å². The quantitative estimate of drug-likeness (QED) is 0.228. The van der Waals surface area contributed by atoms with Crippen molar-refractivity contribution < 1.29 is 37.3 Å². The summed E-state index contributed by atoms with van der Waals surface area (Å²) in [4.78, 5) is 26.2. The van der Waals surface area contributed by atoms with Crippen molar-refractivity contribution in [1.82, 2.24) is 4.90 Å². The van der Waals surface area contributed by atoms with Gasteiger partial charge in [-0.3, -0.25) is 0 Å². The molecule has 232 valence electrons. The molecule has 3 aromatic rings. The Morgan fingerprint density at radius 2 is 1.60 bits per heavy atom. The minimum atomic E-state index is -3.81. The van der Waals surface area contributed by atoms with Crippen LogP contribution in [0.4, 0.5) is 4.79 Å². The third-order valence-electron chi connectivity index (χ3n) is 6.14. The molecule has 0 spiro atoms. The molecule has 0 aliphatic rings. The van der Waals surface area contributed by atoms with Crippen LogP contribution in [0.2, 0.25) is 5.02 Å². The first-order valence-corrected chi connectivity index (χ1v) is 15.8. The number of ether oxygens (including phenoxy) is 3. The summed E-state index contributed by atoms with van der Waals surface area (Å²) in [6.45, 7) is 7.44. The van der Waals surface area contributed by atoms with Crippen LogP contribution in [0, 0.1) is 0 Å². The van der Waals surface area contributed by atoms with Gasteiger partial charge in [0.1, 0.15) is 11.4 Å². The fourth-order valence-corrected chi connectivity index (χ4v) is 5.42. The molecule has 0 aromatic heterocycles. The Morgan fingerprint density at radius 3 is 2.19 bits per heavy atom. The van der Waals surface area contributed by atoms with Crippen LogP contribution in [0.25, 0.3) is 0 Å². The summed E-state index contributed by atoms with van der Waals surface area (Å²) in [5.74, 6) is -0.150. The average molecular weight is 632 g/mol. The molecule has 0 aliphatic heterocycles. The van der Waals surface area contributed by atoms with Crippen molar-refractivity contribution in [2.45, 2.75) is 62.0 Å². The van der Waals surface area contributed by atoms with Crippen molar-refractivity contribution in [1.29, 1.82) is 0 Å². The number of benzene rings is 3. The van der Waals surface area contributed by atoms with Gasteiger partial charge in [0.05, 0.1) is 29.0 Å². The molecule has 0 radical (unpaired) electrons. The van der Waals surface area contributed by atoms with Crippen LogP contribution in [0.5, 0.6) is 5.75 Å². The average Bonchev–Trinajstić information content (AvgIpc) is 2.96. The summed E-state index contributed by atoms with van der Waals surface area (Å²) in [6.07, 6.45) is -0.448. The van der Waals surface area contributed by atoms with E-state index < -0.39 is 33.6 Å². The van der Waals surface area contributed by atoms with Gasteiger partial charge < -0.3 is 24.2 Å². The first-order chi connectivity index (χ1) is 20.3. The molecule has 3 rings (SSSR count). The number of aliphatic hydroxyl groups is 1. The Bertz CT molecular complexity index is 1470. The number of rotatable bonds is 13. The number of carbonyl (C=O) groups excluding carboxylic acids is 2. The summed E-state index contributed by atoms with van der Waals surface area (Å²) in [5, 5.41) is 11.3. The lowest BCUT2D eigenvalue weighted by atomic mass is 10.1. The number of esters is 1. The molecule has 1 atom stereocenters. The maximum Gasteiger partial charge on any atom is 0.410 e. The van der Waals surface area contributed by atoms with Crippen molar-refractivity contribution in [2.24, 2.45) is 0 Å². The van der Waals surface area contributed by atoms with Crippen molar-refractivity contribution >= 4 is 33.5 Å². The van der Waals surface area contributed by atoms with Crippen LogP contribution >= 0.6 is 11.6 Å². The highest BCUT2D eigenvalue weighted by molar-refractivity contribution is 7.91. The highest BCUT2D eigenvalue weighted by Gasteiger charge is 2.25. The van der Waals surface area contributed by atoms with E-state index in [1.54, 1.807) is 57.2 Å². The molecule has 0 aliphatic carbocycles. The lowest BCUT2D eigenvalue weighted by molar-refractivity contribution is -0.146. The van der Waals surface area contributed by atoms with Gasteiger partial charge in [-0.1, -0.05) is 42.8 Å². The molecule has 1 N–H and O–H groups in total. The molecule has 0 fully saturated rings. The first-order valence-electron chi connectivity index (χ1n) is 13.9. The van der Waals surface area contributed by atoms with E-state index in [1.165, 1.54) is 41.3 Å². The normalized spacial score (nSPS) is 12.3. The number of sulfone groups is 1. The zero-order chi connectivity index (χ0) is 31.6. The number of carbonyl (C=O) groups is 2. The predicted molar refractivity (Wildman–Crippen MR) is 163 cm³/mol. The number of nitrogens with zero attached hydrogens (tertiary/aromatic N) is 1. The van der Waals surface area contributed by atoms with Gasteiger partial charge in [-0.25, -0.2) is 18.0 Å². The van der Waals surface area contributed by atoms with Crippen molar-refractivity contribution in [3.05, 3.63) is 88.9 Å². The zero-order valence-electron chi connectivity index (χ0n) is 24.8. The highest BCUT2D eigenvalue weighted by Crippen LogP contribution is 2.24. The highest BCUT2D eigenvalue weighted by atomic mass is 35.5. The first kappa shape index (κ1) is 33.9. The lowest BCUT2D eigenvalue weighted by Gasteiger charge is -2.29.